The summed E-state index contributed by atoms with van der Waals surface area (Å²) in [7, 11) is 0. The maximum absolute atomic E-state index is 13.7. The van der Waals surface area contributed by atoms with Crippen molar-refractivity contribution in [3.63, 3.8) is 0 Å². The van der Waals surface area contributed by atoms with E-state index in [9.17, 15) is 9.59 Å². The number of nitrogens with one attached hydrogen (secondary N) is 1. The molecule has 2 amide bonds. The number of halogens is 1. The van der Waals surface area contributed by atoms with Crippen LogP contribution in [0.4, 0.5) is 0 Å². The maximum Gasteiger partial charge on any atom is 0.261 e. The molecule has 3 aromatic carbocycles. The van der Waals surface area contributed by atoms with Crippen LogP contribution in [0.2, 0.25) is 0 Å². The van der Waals surface area contributed by atoms with Gasteiger partial charge < -0.3 is 15.0 Å². The SMILES string of the molecule is CC(C)NC(=O)[C@@H](Cc1ccccc1)N(Cc1ccc(Br)cc1)C(=O)COc1ccccc1C(C)C. The number of carbonyl (C=O) groups is 2. The van der Waals surface area contributed by atoms with Gasteiger partial charge in [0.05, 0.1) is 0 Å². The molecule has 0 radical (unpaired) electrons. The van der Waals surface area contributed by atoms with Gasteiger partial charge >= 0.3 is 0 Å². The average Bonchev–Trinajstić information content (AvgIpc) is 2.86. The number of nitrogens with zero attached hydrogens (tertiary/aromatic N) is 1. The van der Waals surface area contributed by atoms with Crippen molar-refractivity contribution in [3.05, 3.63) is 100 Å². The summed E-state index contributed by atoms with van der Waals surface area (Å²) >= 11 is 3.47. The van der Waals surface area contributed by atoms with Crippen LogP contribution in [-0.2, 0) is 22.6 Å². The van der Waals surface area contributed by atoms with Crippen LogP contribution in [0.1, 0.15) is 50.3 Å². The fourth-order valence-corrected chi connectivity index (χ4v) is 4.30. The van der Waals surface area contributed by atoms with Crippen molar-refractivity contribution in [1.29, 1.82) is 0 Å². The standard InChI is InChI=1S/C30H35BrN2O3/c1-21(2)26-12-8-9-13-28(26)36-20-29(34)33(19-24-14-16-25(31)17-15-24)27(30(35)32-22(3)4)18-23-10-6-5-7-11-23/h5-17,21-22,27H,18-20H2,1-4H3,(H,32,35)/t27-/m1/s1. The van der Waals surface area contributed by atoms with Crippen molar-refractivity contribution in [2.45, 2.75) is 58.7 Å². The smallest absolute Gasteiger partial charge is 0.261 e. The average molecular weight is 552 g/mol. The Morgan fingerprint density at radius 3 is 2.14 bits per heavy atom. The first-order chi connectivity index (χ1) is 17.2. The van der Waals surface area contributed by atoms with E-state index in [4.69, 9.17) is 4.74 Å². The quantitative estimate of drug-likeness (QED) is 0.313. The van der Waals surface area contributed by atoms with Crippen LogP contribution in [0.15, 0.2) is 83.3 Å². The summed E-state index contributed by atoms with van der Waals surface area (Å²) in [5, 5.41) is 3.01. The molecule has 0 aliphatic rings. The lowest BCUT2D eigenvalue weighted by atomic mass is 10.0. The molecule has 190 valence electrons. The molecule has 1 atom stereocenters. The molecule has 0 saturated heterocycles. The van der Waals surface area contributed by atoms with Crippen molar-refractivity contribution in [2.24, 2.45) is 0 Å². The van der Waals surface area contributed by atoms with Crippen molar-refractivity contribution < 1.29 is 14.3 Å². The Morgan fingerprint density at radius 2 is 1.50 bits per heavy atom. The highest BCUT2D eigenvalue weighted by Crippen LogP contribution is 2.26. The fraction of sp³-hybridized carbons (Fsp3) is 0.333. The normalized spacial score (nSPS) is 11.9. The van der Waals surface area contributed by atoms with Gasteiger partial charge in [-0.05, 0) is 54.7 Å². The molecule has 1 N–H and O–H groups in total. The highest BCUT2D eigenvalue weighted by atomic mass is 79.9. The third-order valence-electron chi connectivity index (χ3n) is 5.86. The topological polar surface area (TPSA) is 58.6 Å². The van der Waals surface area contributed by atoms with Crippen LogP contribution in [0.5, 0.6) is 5.75 Å². The Labute approximate surface area is 223 Å². The lowest BCUT2D eigenvalue weighted by Crippen LogP contribution is -2.52. The summed E-state index contributed by atoms with van der Waals surface area (Å²) in [6.07, 6.45) is 0.407. The van der Waals surface area contributed by atoms with E-state index in [-0.39, 0.29) is 30.4 Å². The lowest BCUT2D eigenvalue weighted by Gasteiger charge is -2.32. The predicted molar refractivity (Wildman–Crippen MR) is 148 cm³/mol. The van der Waals surface area contributed by atoms with Gasteiger partial charge in [-0.3, -0.25) is 9.59 Å². The molecule has 0 saturated carbocycles. The number of ether oxygens (including phenoxy) is 1. The highest BCUT2D eigenvalue weighted by molar-refractivity contribution is 9.10. The zero-order chi connectivity index (χ0) is 26.1. The molecular formula is C30H35BrN2O3. The van der Waals surface area contributed by atoms with Gasteiger partial charge in [0.2, 0.25) is 5.91 Å². The third-order valence-corrected chi connectivity index (χ3v) is 6.39. The molecule has 5 nitrogen and oxygen atoms in total. The van der Waals surface area contributed by atoms with Crippen LogP contribution < -0.4 is 10.1 Å². The lowest BCUT2D eigenvalue weighted by molar-refractivity contribution is -0.143. The number of benzene rings is 3. The molecule has 0 bridgehead atoms. The van der Waals surface area contributed by atoms with Crippen molar-refractivity contribution in [2.75, 3.05) is 6.61 Å². The summed E-state index contributed by atoms with van der Waals surface area (Å²) in [6, 6.07) is 24.6. The van der Waals surface area contributed by atoms with Gasteiger partial charge in [-0.1, -0.05) is 90.4 Å². The Kier molecular flexibility index (Phi) is 10.1. The largest absolute Gasteiger partial charge is 0.483 e. The van der Waals surface area contributed by atoms with E-state index in [1.165, 1.54) is 0 Å². The van der Waals surface area contributed by atoms with Gasteiger partial charge in [-0.2, -0.15) is 0 Å². The Morgan fingerprint density at radius 1 is 0.861 bits per heavy atom. The summed E-state index contributed by atoms with van der Waals surface area (Å²) in [6.45, 7) is 8.17. The highest BCUT2D eigenvalue weighted by Gasteiger charge is 2.31. The van der Waals surface area contributed by atoms with Crippen LogP contribution in [0, 0.1) is 0 Å². The minimum absolute atomic E-state index is 0.0467. The number of carbonyl (C=O) groups excluding carboxylic acids is 2. The monoisotopic (exact) mass is 550 g/mol. The summed E-state index contributed by atoms with van der Waals surface area (Å²) < 4.78 is 6.98. The Hall–Kier alpha value is -3.12. The molecule has 6 heteroatoms. The molecule has 0 aliphatic heterocycles. The third kappa shape index (κ3) is 7.95. The van der Waals surface area contributed by atoms with E-state index in [0.29, 0.717) is 18.7 Å². The second kappa shape index (κ2) is 13.3. The summed E-state index contributed by atoms with van der Waals surface area (Å²) in [5.41, 5.74) is 2.97. The van der Waals surface area contributed by atoms with E-state index < -0.39 is 6.04 Å². The van der Waals surface area contributed by atoms with Crippen molar-refractivity contribution in [3.8, 4) is 5.75 Å². The van der Waals surface area contributed by atoms with Gasteiger partial charge in [-0.25, -0.2) is 0 Å². The first-order valence-corrected chi connectivity index (χ1v) is 13.1. The first kappa shape index (κ1) is 27.5. The number of para-hydroxylation sites is 1. The summed E-state index contributed by atoms with van der Waals surface area (Å²) in [4.78, 5) is 28.8. The molecule has 0 spiro atoms. The molecule has 3 rings (SSSR count). The van der Waals surface area contributed by atoms with E-state index in [0.717, 1.165) is 21.2 Å². The van der Waals surface area contributed by atoms with Crippen molar-refractivity contribution in [1.82, 2.24) is 10.2 Å². The van der Waals surface area contributed by atoms with Crippen LogP contribution in [0.3, 0.4) is 0 Å². The molecular weight excluding hydrogens is 516 g/mol. The second-order valence-electron chi connectivity index (χ2n) is 9.50. The number of hydrogen-bond acceptors (Lipinski definition) is 3. The van der Waals surface area contributed by atoms with Crippen molar-refractivity contribution >= 4 is 27.7 Å². The number of hydrogen-bond donors (Lipinski definition) is 1. The molecule has 0 aromatic heterocycles. The van der Waals surface area contributed by atoms with Gasteiger partial charge in [0.1, 0.15) is 11.8 Å². The predicted octanol–water partition coefficient (Wildman–Crippen LogP) is 6.12. The van der Waals surface area contributed by atoms with E-state index in [1.54, 1.807) is 4.90 Å². The van der Waals surface area contributed by atoms with E-state index in [2.05, 4.69) is 35.1 Å². The van der Waals surface area contributed by atoms with Gasteiger partial charge in [-0.15, -0.1) is 0 Å². The molecule has 36 heavy (non-hydrogen) atoms. The van der Waals surface area contributed by atoms with Gasteiger partial charge in [0.15, 0.2) is 6.61 Å². The first-order valence-electron chi connectivity index (χ1n) is 12.3. The number of amides is 2. The minimum atomic E-state index is -0.685. The van der Waals surface area contributed by atoms with E-state index >= 15 is 0 Å². The summed E-state index contributed by atoms with van der Waals surface area (Å²) in [5.74, 6) is 0.534. The van der Waals surface area contributed by atoms with Gasteiger partial charge in [0.25, 0.3) is 5.91 Å². The maximum atomic E-state index is 13.7. The van der Waals surface area contributed by atoms with Crippen LogP contribution in [0.25, 0.3) is 0 Å². The molecule has 0 fully saturated rings. The van der Waals surface area contributed by atoms with Crippen LogP contribution >= 0.6 is 15.9 Å². The van der Waals surface area contributed by atoms with Gasteiger partial charge in [0, 0.05) is 23.5 Å². The fourth-order valence-electron chi connectivity index (χ4n) is 4.03. The molecule has 0 aliphatic carbocycles. The Balaban J connectivity index is 1.92. The zero-order valence-electron chi connectivity index (χ0n) is 21.4. The minimum Gasteiger partial charge on any atom is -0.483 e. The Bertz CT molecular complexity index is 1130. The number of rotatable bonds is 11. The van der Waals surface area contributed by atoms with E-state index in [1.807, 2.05) is 92.7 Å². The van der Waals surface area contributed by atoms with Crippen LogP contribution in [-0.4, -0.2) is 35.4 Å². The molecule has 0 unspecified atom stereocenters. The zero-order valence-corrected chi connectivity index (χ0v) is 23.0. The second-order valence-corrected chi connectivity index (χ2v) is 10.4. The molecule has 0 heterocycles. The molecule has 3 aromatic rings.